The lowest BCUT2D eigenvalue weighted by molar-refractivity contribution is -0.146. The maximum Gasteiger partial charge on any atom is 0.322 e. The van der Waals surface area contributed by atoms with Gasteiger partial charge in [-0.3, -0.25) is 9.69 Å². The van der Waals surface area contributed by atoms with Gasteiger partial charge in [-0.15, -0.1) is 0 Å². The van der Waals surface area contributed by atoms with Crippen molar-refractivity contribution in [2.45, 2.75) is 31.8 Å². The predicted molar refractivity (Wildman–Crippen MR) is 56.2 cm³/mol. The van der Waals surface area contributed by atoms with Crippen LogP contribution in [0.5, 0.6) is 0 Å². The Kier molecular flexibility index (Phi) is 3.96. The minimum absolute atomic E-state index is 0.213. The summed E-state index contributed by atoms with van der Waals surface area (Å²) >= 11 is 5.75. The summed E-state index contributed by atoms with van der Waals surface area (Å²) in [6, 6.07) is 0.239. The van der Waals surface area contributed by atoms with Crippen molar-refractivity contribution in [2.75, 3.05) is 13.7 Å². The minimum atomic E-state index is -0.233. The van der Waals surface area contributed by atoms with Crippen LogP contribution in [0.15, 0.2) is 11.6 Å². The highest BCUT2D eigenvalue weighted by Gasteiger charge is 2.35. The third-order valence-corrected chi connectivity index (χ3v) is 2.53. The van der Waals surface area contributed by atoms with E-state index in [0.717, 1.165) is 12.8 Å². The Morgan fingerprint density at radius 2 is 2.29 bits per heavy atom. The molecule has 1 aliphatic rings. The Bertz CT molecular complexity index is 238. The maximum atomic E-state index is 11.3. The summed E-state index contributed by atoms with van der Waals surface area (Å²) in [5.41, 5.74) is 0. The van der Waals surface area contributed by atoms with Crippen molar-refractivity contribution in [3.63, 3.8) is 0 Å². The first-order valence-electron chi connectivity index (χ1n) is 4.73. The summed E-state index contributed by atoms with van der Waals surface area (Å²) in [6.07, 6.45) is 2.26. The first-order valence-corrected chi connectivity index (χ1v) is 5.11. The molecule has 3 nitrogen and oxygen atoms in total. The number of carbonyl (C=O) groups is 1. The van der Waals surface area contributed by atoms with Gasteiger partial charge in [0.25, 0.3) is 0 Å². The Labute approximate surface area is 89.7 Å². The molecule has 0 aromatic carbocycles. The van der Waals surface area contributed by atoms with E-state index in [1.54, 1.807) is 0 Å². The molecule has 4 heteroatoms. The van der Waals surface area contributed by atoms with Gasteiger partial charge in [0, 0.05) is 17.6 Å². The van der Waals surface area contributed by atoms with E-state index in [1.807, 2.05) is 11.8 Å². The molecule has 1 rings (SSSR count). The number of hydrogen-bond acceptors (Lipinski definition) is 3. The molecule has 0 amide bonds. The van der Waals surface area contributed by atoms with Gasteiger partial charge >= 0.3 is 5.97 Å². The quantitative estimate of drug-likeness (QED) is 0.658. The zero-order valence-corrected chi connectivity index (χ0v) is 9.38. The van der Waals surface area contributed by atoms with Crippen LogP contribution in [0.4, 0.5) is 0 Å². The fourth-order valence-corrected chi connectivity index (χ4v) is 1.63. The standard InChI is InChI=1S/C10H16ClNO2/c1-7(11)6-12(9-4-5-9)8(2)10(13)14-3/h8-9H,1,4-6H2,2-3H3. The molecule has 0 radical (unpaired) electrons. The van der Waals surface area contributed by atoms with Crippen LogP contribution in [0, 0.1) is 0 Å². The van der Waals surface area contributed by atoms with Gasteiger partial charge < -0.3 is 4.74 Å². The Morgan fingerprint density at radius 3 is 2.64 bits per heavy atom. The van der Waals surface area contributed by atoms with Crippen molar-refractivity contribution in [3.8, 4) is 0 Å². The molecular weight excluding hydrogens is 202 g/mol. The topological polar surface area (TPSA) is 29.5 Å². The van der Waals surface area contributed by atoms with Crippen LogP contribution in [0.1, 0.15) is 19.8 Å². The third-order valence-electron chi connectivity index (χ3n) is 2.41. The number of halogens is 1. The molecule has 0 N–H and O–H groups in total. The maximum absolute atomic E-state index is 11.3. The monoisotopic (exact) mass is 217 g/mol. The van der Waals surface area contributed by atoms with Crippen LogP contribution < -0.4 is 0 Å². The normalized spacial score (nSPS) is 18.0. The van der Waals surface area contributed by atoms with Gasteiger partial charge in [0.2, 0.25) is 0 Å². The van der Waals surface area contributed by atoms with E-state index < -0.39 is 0 Å². The molecule has 14 heavy (non-hydrogen) atoms. The second kappa shape index (κ2) is 4.80. The average molecular weight is 218 g/mol. The number of carbonyl (C=O) groups excluding carboxylic acids is 1. The Morgan fingerprint density at radius 1 is 1.71 bits per heavy atom. The molecule has 1 saturated carbocycles. The lowest BCUT2D eigenvalue weighted by atomic mass is 10.2. The summed E-state index contributed by atoms with van der Waals surface area (Å²) in [7, 11) is 1.40. The SMILES string of the molecule is C=C(Cl)CN(C1CC1)C(C)C(=O)OC. The van der Waals surface area contributed by atoms with Crippen LogP contribution >= 0.6 is 11.6 Å². The predicted octanol–water partition coefficient (Wildman–Crippen LogP) is 1.76. The molecule has 0 spiro atoms. The minimum Gasteiger partial charge on any atom is -0.468 e. The highest BCUT2D eigenvalue weighted by atomic mass is 35.5. The number of nitrogens with zero attached hydrogens (tertiary/aromatic N) is 1. The molecule has 0 aliphatic heterocycles. The van der Waals surface area contributed by atoms with Gasteiger partial charge in [0.1, 0.15) is 6.04 Å². The van der Waals surface area contributed by atoms with E-state index in [9.17, 15) is 4.79 Å². The highest BCUT2D eigenvalue weighted by molar-refractivity contribution is 6.29. The van der Waals surface area contributed by atoms with Crippen LogP contribution in [-0.2, 0) is 9.53 Å². The number of rotatable bonds is 5. The number of methoxy groups -OCH3 is 1. The zero-order valence-electron chi connectivity index (χ0n) is 8.62. The first-order chi connectivity index (χ1) is 6.56. The van der Waals surface area contributed by atoms with Gasteiger partial charge in [-0.25, -0.2) is 0 Å². The van der Waals surface area contributed by atoms with Gasteiger partial charge in [-0.05, 0) is 19.8 Å². The number of ether oxygens (including phenoxy) is 1. The molecule has 1 fully saturated rings. The Hall–Kier alpha value is -0.540. The second-order valence-electron chi connectivity index (χ2n) is 3.62. The van der Waals surface area contributed by atoms with Crippen LogP contribution in [0.2, 0.25) is 0 Å². The summed E-state index contributed by atoms with van der Waals surface area (Å²) < 4.78 is 4.70. The van der Waals surface area contributed by atoms with Crippen molar-refractivity contribution in [3.05, 3.63) is 11.6 Å². The molecule has 1 aliphatic carbocycles. The number of hydrogen-bond donors (Lipinski definition) is 0. The van der Waals surface area contributed by atoms with Gasteiger partial charge in [-0.2, -0.15) is 0 Å². The van der Waals surface area contributed by atoms with Crippen LogP contribution in [-0.4, -0.2) is 36.6 Å². The summed E-state index contributed by atoms with van der Waals surface area (Å²) in [6.45, 7) is 6.04. The second-order valence-corrected chi connectivity index (χ2v) is 4.15. The lowest BCUT2D eigenvalue weighted by Crippen LogP contribution is -2.41. The van der Waals surface area contributed by atoms with Crippen LogP contribution in [0.3, 0.4) is 0 Å². The molecule has 80 valence electrons. The van der Waals surface area contributed by atoms with Crippen LogP contribution in [0.25, 0.3) is 0 Å². The molecule has 0 aromatic heterocycles. The smallest absolute Gasteiger partial charge is 0.322 e. The fourth-order valence-electron chi connectivity index (χ4n) is 1.49. The van der Waals surface area contributed by atoms with E-state index in [1.165, 1.54) is 7.11 Å². The van der Waals surface area contributed by atoms with Crippen molar-refractivity contribution < 1.29 is 9.53 Å². The van der Waals surface area contributed by atoms with Crippen molar-refractivity contribution in [2.24, 2.45) is 0 Å². The summed E-state index contributed by atoms with van der Waals surface area (Å²) in [4.78, 5) is 13.4. The van der Waals surface area contributed by atoms with E-state index >= 15 is 0 Å². The summed E-state index contributed by atoms with van der Waals surface area (Å²) in [5, 5.41) is 0.563. The molecule has 1 unspecified atom stereocenters. The highest BCUT2D eigenvalue weighted by Crippen LogP contribution is 2.29. The molecule has 0 saturated heterocycles. The lowest BCUT2D eigenvalue weighted by Gasteiger charge is -2.26. The van der Waals surface area contributed by atoms with Crippen molar-refractivity contribution >= 4 is 17.6 Å². The average Bonchev–Trinajstić information content (AvgIpc) is 2.94. The molecule has 0 bridgehead atoms. The van der Waals surface area contributed by atoms with Crippen molar-refractivity contribution in [1.29, 1.82) is 0 Å². The van der Waals surface area contributed by atoms with E-state index in [2.05, 4.69) is 6.58 Å². The Balaban J connectivity index is 2.56. The molecule has 0 heterocycles. The van der Waals surface area contributed by atoms with Crippen molar-refractivity contribution in [1.82, 2.24) is 4.90 Å². The van der Waals surface area contributed by atoms with Gasteiger partial charge in [0.15, 0.2) is 0 Å². The zero-order chi connectivity index (χ0) is 10.7. The van der Waals surface area contributed by atoms with E-state index in [4.69, 9.17) is 16.3 Å². The number of esters is 1. The molecule has 0 aromatic rings. The van der Waals surface area contributed by atoms with E-state index in [0.29, 0.717) is 17.6 Å². The van der Waals surface area contributed by atoms with Gasteiger partial charge in [-0.1, -0.05) is 18.2 Å². The molecule has 1 atom stereocenters. The summed E-state index contributed by atoms with van der Waals surface area (Å²) in [5.74, 6) is -0.213. The fraction of sp³-hybridized carbons (Fsp3) is 0.700. The van der Waals surface area contributed by atoms with E-state index in [-0.39, 0.29) is 12.0 Å². The van der Waals surface area contributed by atoms with Gasteiger partial charge in [0.05, 0.1) is 7.11 Å². The first kappa shape index (κ1) is 11.5. The largest absolute Gasteiger partial charge is 0.468 e. The third kappa shape index (κ3) is 3.00. The molecular formula is C10H16ClNO2.